The first-order chi connectivity index (χ1) is 13.9. The molecule has 1 aliphatic heterocycles. The van der Waals surface area contributed by atoms with E-state index in [2.05, 4.69) is 44.1 Å². The van der Waals surface area contributed by atoms with Gasteiger partial charge in [0.15, 0.2) is 6.61 Å². The summed E-state index contributed by atoms with van der Waals surface area (Å²) >= 11 is 0. The molecule has 152 valence electrons. The Morgan fingerprint density at radius 1 is 1.03 bits per heavy atom. The maximum Gasteiger partial charge on any atom is 0.281 e. The minimum atomic E-state index is -0.101. The Balaban J connectivity index is 1.69. The van der Waals surface area contributed by atoms with Crippen LogP contribution in [0.25, 0.3) is 0 Å². The second kappa shape index (κ2) is 8.02. The molecule has 0 atom stereocenters. The van der Waals surface area contributed by atoms with Gasteiger partial charge >= 0.3 is 0 Å². The summed E-state index contributed by atoms with van der Waals surface area (Å²) in [6, 6.07) is 16.3. The topological polar surface area (TPSA) is 41.9 Å². The molecule has 0 radical (unpaired) electrons. The van der Waals surface area contributed by atoms with Crippen LogP contribution < -0.4 is 0 Å². The van der Waals surface area contributed by atoms with E-state index in [-0.39, 0.29) is 17.9 Å². The van der Waals surface area contributed by atoms with Crippen LogP contribution in [0.4, 0.5) is 0 Å². The van der Waals surface area contributed by atoms with Gasteiger partial charge in [-0.05, 0) is 53.0 Å². The minimum absolute atomic E-state index is 0.00975. The average molecular weight is 391 g/mol. The fourth-order valence-corrected chi connectivity index (χ4v) is 4.65. The van der Waals surface area contributed by atoms with Gasteiger partial charge in [0.25, 0.3) is 5.91 Å². The molecule has 0 bridgehead atoms. The highest BCUT2D eigenvalue weighted by Crippen LogP contribution is 2.41. The second-order valence-electron chi connectivity index (χ2n) is 9.12. The van der Waals surface area contributed by atoms with E-state index in [0.717, 1.165) is 5.56 Å². The number of benzene rings is 2. The molecule has 1 amide bonds. The number of hydrogen-bond acceptors (Lipinski definition) is 3. The van der Waals surface area contributed by atoms with Crippen molar-refractivity contribution in [3.8, 4) is 0 Å². The number of nitrogens with zero attached hydrogens (tertiary/aromatic N) is 2. The summed E-state index contributed by atoms with van der Waals surface area (Å²) in [4.78, 5) is 12.6. The zero-order valence-electron chi connectivity index (χ0n) is 17.6. The van der Waals surface area contributed by atoms with E-state index in [1.165, 1.54) is 42.4 Å². The first kappa shape index (κ1) is 19.7. The fourth-order valence-electron chi connectivity index (χ4n) is 4.65. The molecule has 1 fully saturated rings. The summed E-state index contributed by atoms with van der Waals surface area (Å²) in [5, 5.41) is 6.14. The summed E-state index contributed by atoms with van der Waals surface area (Å²) in [7, 11) is 0. The van der Waals surface area contributed by atoms with Gasteiger partial charge in [0.05, 0.1) is 6.54 Å². The predicted molar refractivity (Wildman–Crippen MR) is 116 cm³/mol. The highest BCUT2D eigenvalue weighted by atomic mass is 16.5. The van der Waals surface area contributed by atoms with Gasteiger partial charge in [0, 0.05) is 5.56 Å². The standard InChI is InChI=1S/C25H30N2O2/c1-25(2,3)23-20(14-9-15-21(23)18-10-7-8-11-18)16-27-22(28)17-29-24(26-27)19-12-5-4-6-13-19/h4-6,9,12-15,18H,7-8,10-11,16-17H2,1-3H3. The maximum atomic E-state index is 12.6. The summed E-state index contributed by atoms with van der Waals surface area (Å²) in [5.41, 5.74) is 4.92. The van der Waals surface area contributed by atoms with Crippen LogP contribution in [0.3, 0.4) is 0 Å². The fraction of sp³-hybridized carbons (Fsp3) is 0.440. The van der Waals surface area contributed by atoms with Crippen molar-refractivity contribution in [3.05, 3.63) is 70.8 Å². The van der Waals surface area contributed by atoms with Crippen molar-refractivity contribution in [2.24, 2.45) is 5.10 Å². The lowest BCUT2D eigenvalue weighted by Gasteiger charge is -2.31. The number of ether oxygens (including phenoxy) is 1. The van der Waals surface area contributed by atoms with Gasteiger partial charge in [-0.3, -0.25) is 4.79 Å². The Hall–Kier alpha value is -2.62. The lowest BCUT2D eigenvalue weighted by atomic mass is 9.77. The zero-order chi connectivity index (χ0) is 20.4. The zero-order valence-corrected chi connectivity index (χ0v) is 17.6. The Morgan fingerprint density at radius 3 is 2.45 bits per heavy atom. The van der Waals surface area contributed by atoms with Crippen LogP contribution in [0.15, 0.2) is 53.6 Å². The van der Waals surface area contributed by atoms with E-state index in [1.807, 2.05) is 30.3 Å². The van der Waals surface area contributed by atoms with Gasteiger partial charge < -0.3 is 4.74 Å². The Morgan fingerprint density at radius 2 is 1.76 bits per heavy atom. The molecule has 1 heterocycles. The van der Waals surface area contributed by atoms with Crippen LogP contribution in [-0.2, 0) is 21.5 Å². The highest BCUT2D eigenvalue weighted by Gasteiger charge is 2.30. The van der Waals surface area contributed by atoms with E-state index in [9.17, 15) is 4.79 Å². The summed E-state index contributed by atoms with van der Waals surface area (Å²) in [5.74, 6) is 1.04. The van der Waals surface area contributed by atoms with Gasteiger partial charge in [-0.25, -0.2) is 5.01 Å². The van der Waals surface area contributed by atoms with E-state index in [1.54, 1.807) is 5.01 Å². The molecule has 2 aromatic rings. The van der Waals surface area contributed by atoms with Crippen LogP contribution in [0.1, 0.15) is 74.6 Å². The quantitative estimate of drug-likeness (QED) is 0.705. The van der Waals surface area contributed by atoms with Crippen LogP contribution >= 0.6 is 0 Å². The summed E-state index contributed by atoms with van der Waals surface area (Å²) in [6.45, 7) is 7.31. The van der Waals surface area contributed by atoms with Crippen LogP contribution in [0.2, 0.25) is 0 Å². The molecule has 1 aliphatic carbocycles. The van der Waals surface area contributed by atoms with Gasteiger partial charge in [-0.2, -0.15) is 0 Å². The molecule has 0 unspecified atom stereocenters. The lowest BCUT2D eigenvalue weighted by molar-refractivity contribution is -0.136. The molecule has 0 N–H and O–H groups in total. The van der Waals surface area contributed by atoms with Crippen molar-refractivity contribution in [2.75, 3.05) is 6.61 Å². The lowest BCUT2D eigenvalue weighted by Crippen LogP contribution is -2.37. The normalized spacial score (nSPS) is 18.0. The van der Waals surface area contributed by atoms with Gasteiger partial charge in [0.2, 0.25) is 5.90 Å². The molecule has 4 nitrogen and oxygen atoms in total. The third kappa shape index (κ3) is 4.21. The molecule has 29 heavy (non-hydrogen) atoms. The SMILES string of the molecule is CC(C)(C)c1c(CN2N=C(c3ccccc3)OCC2=O)cccc1C1CCCC1. The Kier molecular flexibility index (Phi) is 5.44. The Labute approximate surface area is 173 Å². The van der Waals surface area contributed by atoms with Crippen LogP contribution in [-0.4, -0.2) is 23.4 Å². The first-order valence-corrected chi connectivity index (χ1v) is 10.6. The summed E-state index contributed by atoms with van der Waals surface area (Å²) in [6.07, 6.45) is 5.15. The van der Waals surface area contributed by atoms with Gasteiger partial charge in [0.1, 0.15) is 0 Å². The second-order valence-corrected chi connectivity index (χ2v) is 9.12. The predicted octanol–water partition coefficient (Wildman–Crippen LogP) is 5.36. The third-order valence-electron chi connectivity index (χ3n) is 5.90. The molecule has 0 aromatic heterocycles. The van der Waals surface area contributed by atoms with Crippen molar-refractivity contribution in [1.29, 1.82) is 0 Å². The van der Waals surface area contributed by atoms with Crippen molar-refractivity contribution in [1.82, 2.24) is 5.01 Å². The number of hydrazone groups is 1. The molecule has 2 aliphatic rings. The molecule has 0 saturated heterocycles. The number of rotatable bonds is 4. The summed E-state index contributed by atoms with van der Waals surface area (Å²) < 4.78 is 5.61. The maximum absolute atomic E-state index is 12.6. The molecular weight excluding hydrogens is 360 g/mol. The number of amides is 1. The smallest absolute Gasteiger partial charge is 0.281 e. The molecule has 0 spiro atoms. The molecule has 1 saturated carbocycles. The first-order valence-electron chi connectivity index (χ1n) is 10.6. The minimum Gasteiger partial charge on any atom is -0.466 e. The number of carbonyl (C=O) groups excluding carboxylic acids is 1. The third-order valence-corrected chi connectivity index (χ3v) is 5.90. The van der Waals surface area contributed by atoms with Crippen LogP contribution in [0, 0.1) is 0 Å². The van der Waals surface area contributed by atoms with Gasteiger partial charge in [-0.15, -0.1) is 5.10 Å². The van der Waals surface area contributed by atoms with E-state index >= 15 is 0 Å². The largest absolute Gasteiger partial charge is 0.466 e. The van der Waals surface area contributed by atoms with Crippen molar-refractivity contribution < 1.29 is 9.53 Å². The molecule has 4 heteroatoms. The number of carbonyl (C=O) groups is 1. The van der Waals surface area contributed by atoms with Crippen molar-refractivity contribution in [3.63, 3.8) is 0 Å². The Bertz CT molecular complexity index is 906. The molecule has 2 aromatic carbocycles. The van der Waals surface area contributed by atoms with Gasteiger partial charge in [-0.1, -0.05) is 70.0 Å². The van der Waals surface area contributed by atoms with Crippen molar-refractivity contribution in [2.45, 2.75) is 64.3 Å². The number of hydrogen-bond donors (Lipinski definition) is 0. The monoisotopic (exact) mass is 390 g/mol. The van der Waals surface area contributed by atoms with E-state index in [4.69, 9.17) is 4.74 Å². The van der Waals surface area contributed by atoms with E-state index in [0.29, 0.717) is 18.4 Å². The van der Waals surface area contributed by atoms with E-state index < -0.39 is 0 Å². The average Bonchev–Trinajstić information content (AvgIpc) is 3.24. The molecule has 4 rings (SSSR count). The highest BCUT2D eigenvalue weighted by molar-refractivity contribution is 5.97. The molecular formula is C25H30N2O2. The van der Waals surface area contributed by atoms with Crippen LogP contribution in [0.5, 0.6) is 0 Å². The van der Waals surface area contributed by atoms with Crippen molar-refractivity contribution >= 4 is 11.8 Å².